The first-order chi connectivity index (χ1) is 9.72. The highest BCUT2D eigenvalue weighted by Gasteiger charge is 2.20. The number of carboxylic acids is 1. The minimum atomic E-state index is -0.835. The summed E-state index contributed by atoms with van der Waals surface area (Å²) >= 11 is 0. The molecule has 0 unspecified atom stereocenters. The standard InChI is InChI=1S/C15H21NO4/c1-19-9-10-20-8-7-16-6-5-13-12(11-16)3-2-4-14(13)15(17)18/h2-4H,5-11H2,1H3,(H,17,18). The van der Waals surface area contributed by atoms with Crippen molar-refractivity contribution in [2.45, 2.75) is 13.0 Å². The summed E-state index contributed by atoms with van der Waals surface area (Å²) in [6.45, 7) is 4.45. The SMILES string of the molecule is COCCOCCN1CCc2c(cccc2C(=O)O)C1. The smallest absolute Gasteiger partial charge is 0.335 e. The van der Waals surface area contributed by atoms with Crippen LogP contribution in [0.15, 0.2) is 18.2 Å². The van der Waals surface area contributed by atoms with Gasteiger partial charge in [-0.1, -0.05) is 12.1 Å². The van der Waals surface area contributed by atoms with Gasteiger partial charge >= 0.3 is 5.97 Å². The monoisotopic (exact) mass is 279 g/mol. The number of methoxy groups -OCH3 is 1. The lowest BCUT2D eigenvalue weighted by atomic mass is 9.94. The third-order valence-electron chi connectivity index (χ3n) is 3.56. The molecule has 0 spiro atoms. The molecule has 1 aromatic rings. The molecule has 2 rings (SSSR count). The van der Waals surface area contributed by atoms with E-state index >= 15 is 0 Å². The normalized spacial score (nSPS) is 15.1. The molecule has 1 aliphatic rings. The fourth-order valence-electron chi connectivity index (χ4n) is 2.50. The molecule has 0 bridgehead atoms. The number of rotatable bonds is 7. The molecule has 1 aromatic carbocycles. The van der Waals surface area contributed by atoms with Crippen LogP contribution in [0, 0.1) is 0 Å². The van der Waals surface area contributed by atoms with Gasteiger partial charge in [-0.15, -0.1) is 0 Å². The van der Waals surface area contributed by atoms with Crippen LogP contribution in [0.5, 0.6) is 0 Å². The lowest BCUT2D eigenvalue weighted by Gasteiger charge is -2.29. The maximum Gasteiger partial charge on any atom is 0.335 e. The molecule has 110 valence electrons. The summed E-state index contributed by atoms with van der Waals surface area (Å²) < 4.78 is 10.4. The second-order valence-electron chi connectivity index (χ2n) is 4.88. The Morgan fingerprint density at radius 3 is 2.95 bits per heavy atom. The van der Waals surface area contributed by atoms with Gasteiger partial charge in [-0.3, -0.25) is 4.90 Å². The fourth-order valence-corrected chi connectivity index (χ4v) is 2.50. The molecule has 1 heterocycles. The lowest BCUT2D eigenvalue weighted by molar-refractivity contribution is 0.0550. The Morgan fingerprint density at radius 1 is 1.35 bits per heavy atom. The number of benzene rings is 1. The van der Waals surface area contributed by atoms with Gasteiger partial charge in [0.05, 0.1) is 25.4 Å². The van der Waals surface area contributed by atoms with Crippen LogP contribution in [0.1, 0.15) is 21.5 Å². The fraction of sp³-hybridized carbons (Fsp3) is 0.533. The van der Waals surface area contributed by atoms with Gasteiger partial charge < -0.3 is 14.6 Å². The molecule has 0 fully saturated rings. The van der Waals surface area contributed by atoms with Crippen molar-refractivity contribution in [1.82, 2.24) is 4.90 Å². The number of ether oxygens (including phenoxy) is 2. The Balaban J connectivity index is 1.88. The molecule has 1 aliphatic heterocycles. The van der Waals surface area contributed by atoms with Crippen LogP contribution < -0.4 is 0 Å². The first-order valence-corrected chi connectivity index (χ1v) is 6.85. The molecule has 5 nitrogen and oxygen atoms in total. The lowest BCUT2D eigenvalue weighted by Crippen LogP contribution is -2.34. The average molecular weight is 279 g/mol. The van der Waals surface area contributed by atoms with E-state index in [2.05, 4.69) is 4.90 Å². The van der Waals surface area contributed by atoms with E-state index in [1.54, 1.807) is 13.2 Å². The molecule has 0 radical (unpaired) electrons. The topological polar surface area (TPSA) is 59.0 Å². The molecule has 0 saturated heterocycles. The van der Waals surface area contributed by atoms with Crippen LogP contribution in [-0.2, 0) is 22.4 Å². The van der Waals surface area contributed by atoms with Crippen LogP contribution in [0.25, 0.3) is 0 Å². The number of hydrogen-bond donors (Lipinski definition) is 1. The number of hydrogen-bond acceptors (Lipinski definition) is 4. The minimum absolute atomic E-state index is 0.443. The summed E-state index contributed by atoms with van der Waals surface area (Å²) in [4.78, 5) is 13.5. The van der Waals surface area contributed by atoms with Crippen molar-refractivity contribution in [3.8, 4) is 0 Å². The number of carboxylic acid groups (broad SMARTS) is 1. The third kappa shape index (κ3) is 3.79. The van der Waals surface area contributed by atoms with E-state index in [0.717, 1.165) is 37.2 Å². The molecular weight excluding hydrogens is 258 g/mol. The van der Waals surface area contributed by atoms with Crippen LogP contribution in [0.2, 0.25) is 0 Å². The molecule has 0 atom stereocenters. The zero-order valence-electron chi connectivity index (χ0n) is 11.8. The first-order valence-electron chi connectivity index (χ1n) is 6.85. The first kappa shape index (κ1) is 15.0. The predicted octanol–water partition coefficient (Wildman–Crippen LogP) is 1.41. The number of nitrogens with zero attached hydrogens (tertiary/aromatic N) is 1. The predicted molar refractivity (Wildman–Crippen MR) is 75.1 cm³/mol. The highest BCUT2D eigenvalue weighted by molar-refractivity contribution is 5.89. The summed E-state index contributed by atoms with van der Waals surface area (Å²) in [5.74, 6) is -0.835. The zero-order valence-corrected chi connectivity index (χ0v) is 11.8. The second kappa shape index (κ2) is 7.38. The number of aromatic carboxylic acids is 1. The van der Waals surface area contributed by atoms with Gasteiger partial charge in [-0.05, 0) is 23.6 Å². The molecule has 1 N–H and O–H groups in total. The van der Waals surface area contributed by atoms with Gasteiger partial charge in [-0.25, -0.2) is 4.79 Å². The maximum atomic E-state index is 11.2. The molecule has 0 aliphatic carbocycles. The van der Waals surface area contributed by atoms with E-state index in [-0.39, 0.29) is 0 Å². The molecule has 5 heteroatoms. The molecule has 0 aromatic heterocycles. The van der Waals surface area contributed by atoms with Gasteiger partial charge in [0.1, 0.15) is 0 Å². The van der Waals surface area contributed by atoms with E-state index in [0.29, 0.717) is 25.4 Å². The van der Waals surface area contributed by atoms with Gasteiger partial charge in [0.15, 0.2) is 0 Å². The van der Waals surface area contributed by atoms with Crippen molar-refractivity contribution >= 4 is 5.97 Å². The van der Waals surface area contributed by atoms with E-state index in [1.165, 1.54) is 0 Å². The van der Waals surface area contributed by atoms with E-state index in [4.69, 9.17) is 9.47 Å². The van der Waals surface area contributed by atoms with E-state index in [9.17, 15) is 9.90 Å². The third-order valence-corrected chi connectivity index (χ3v) is 3.56. The van der Waals surface area contributed by atoms with Crippen LogP contribution in [0.4, 0.5) is 0 Å². The van der Waals surface area contributed by atoms with Crippen molar-refractivity contribution < 1.29 is 19.4 Å². The summed E-state index contributed by atoms with van der Waals surface area (Å²) in [5.41, 5.74) is 2.54. The Hall–Kier alpha value is -1.43. The Morgan fingerprint density at radius 2 is 2.20 bits per heavy atom. The number of fused-ring (bicyclic) bond motifs is 1. The van der Waals surface area contributed by atoms with Crippen molar-refractivity contribution in [3.05, 3.63) is 34.9 Å². The Bertz CT molecular complexity index is 461. The van der Waals surface area contributed by atoms with Crippen LogP contribution in [0.3, 0.4) is 0 Å². The van der Waals surface area contributed by atoms with Crippen LogP contribution >= 0.6 is 0 Å². The van der Waals surface area contributed by atoms with Crippen molar-refractivity contribution in [2.75, 3.05) is 40.0 Å². The second-order valence-corrected chi connectivity index (χ2v) is 4.88. The largest absolute Gasteiger partial charge is 0.478 e. The molecule has 0 saturated carbocycles. The summed E-state index contributed by atoms with van der Waals surface area (Å²) in [6, 6.07) is 5.52. The summed E-state index contributed by atoms with van der Waals surface area (Å²) in [7, 11) is 1.66. The Kier molecular flexibility index (Phi) is 5.52. The van der Waals surface area contributed by atoms with Crippen molar-refractivity contribution in [1.29, 1.82) is 0 Å². The number of carbonyl (C=O) groups is 1. The van der Waals surface area contributed by atoms with Crippen molar-refractivity contribution in [2.24, 2.45) is 0 Å². The highest BCUT2D eigenvalue weighted by atomic mass is 16.5. The summed E-state index contributed by atoms with van der Waals surface area (Å²) in [5, 5.41) is 9.19. The highest BCUT2D eigenvalue weighted by Crippen LogP contribution is 2.22. The average Bonchev–Trinajstić information content (AvgIpc) is 2.46. The quantitative estimate of drug-likeness (QED) is 0.765. The van der Waals surface area contributed by atoms with Gasteiger partial charge in [-0.2, -0.15) is 0 Å². The van der Waals surface area contributed by atoms with Gasteiger partial charge in [0.25, 0.3) is 0 Å². The van der Waals surface area contributed by atoms with Crippen molar-refractivity contribution in [3.63, 3.8) is 0 Å². The van der Waals surface area contributed by atoms with Crippen LogP contribution in [-0.4, -0.2) is 56.0 Å². The van der Waals surface area contributed by atoms with Gasteiger partial charge in [0.2, 0.25) is 0 Å². The summed E-state index contributed by atoms with van der Waals surface area (Å²) in [6.07, 6.45) is 0.788. The Labute approximate surface area is 119 Å². The van der Waals surface area contributed by atoms with E-state index < -0.39 is 5.97 Å². The van der Waals surface area contributed by atoms with E-state index in [1.807, 2.05) is 12.1 Å². The zero-order chi connectivity index (χ0) is 14.4. The minimum Gasteiger partial charge on any atom is -0.478 e. The van der Waals surface area contributed by atoms with Gasteiger partial charge in [0, 0.05) is 26.7 Å². The molecule has 20 heavy (non-hydrogen) atoms. The maximum absolute atomic E-state index is 11.2. The molecular formula is C15H21NO4. The molecule has 0 amide bonds.